The molecule has 2 amide bonds. The van der Waals surface area contributed by atoms with E-state index in [1.165, 1.54) is 0 Å². The molecule has 1 aliphatic rings. The molecular formula is C7H11NO4. The SMILES string of the molecule is CC(=O)O.O=C1CCCC(=O)N1. The van der Waals surface area contributed by atoms with Crippen molar-refractivity contribution in [3.8, 4) is 0 Å². The Bertz CT molecular complexity index is 182. The third kappa shape index (κ3) is 6.73. The summed E-state index contributed by atoms with van der Waals surface area (Å²) in [7, 11) is 0. The normalized spacial score (nSPS) is 15.8. The van der Waals surface area contributed by atoms with E-state index in [9.17, 15) is 9.59 Å². The van der Waals surface area contributed by atoms with E-state index in [-0.39, 0.29) is 11.8 Å². The number of amides is 2. The van der Waals surface area contributed by atoms with Crippen molar-refractivity contribution in [3.63, 3.8) is 0 Å². The number of carbonyl (C=O) groups is 3. The van der Waals surface area contributed by atoms with Gasteiger partial charge in [-0.2, -0.15) is 0 Å². The average molecular weight is 173 g/mol. The fourth-order valence-electron chi connectivity index (χ4n) is 0.690. The van der Waals surface area contributed by atoms with E-state index in [4.69, 9.17) is 9.90 Å². The summed E-state index contributed by atoms with van der Waals surface area (Å²) >= 11 is 0. The van der Waals surface area contributed by atoms with Crippen LogP contribution in [0.3, 0.4) is 0 Å². The van der Waals surface area contributed by atoms with E-state index in [0.717, 1.165) is 6.92 Å². The highest BCUT2D eigenvalue weighted by Gasteiger charge is 2.12. The summed E-state index contributed by atoms with van der Waals surface area (Å²) in [5, 5.41) is 9.62. The van der Waals surface area contributed by atoms with Gasteiger partial charge in [0.2, 0.25) is 11.8 Å². The number of piperidine rings is 1. The largest absolute Gasteiger partial charge is 0.481 e. The highest BCUT2D eigenvalue weighted by Crippen LogP contribution is 2.00. The lowest BCUT2D eigenvalue weighted by atomic mass is 10.1. The maximum absolute atomic E-state index is 10.3. The van der Waals surface area contributed by atoms with Crippen molar-refractivity contribution in [3.05, 3.63) is 0 Å². The Balaban J connectivity index is 0.000000261. The molecule has 0 aliphatic carbocycles. The lowest BCUT2D eigenvalue weighted by Gasteiger charge is -2.07. The summed E-state index contributed by atoms with van der Waals surface area (Å²) < 4.78 is 0. The van der Waals surface area contributed by atoms with Crippen LogP contribution in [0.4, 0.5) is 0 Å². The maximum Gasteiger partial charge on any atom is 0.300 e. The summed E-state index contributed by atoms with van der Waals surface area (Å²) in [5.74, 6) is -1.11. The van der Waals surface area contributed by atoms with Gasteiger partial charge in [-0.05, 0) is 6.42 Å². The molecule has 0 atom stereocenters. The number of imide groups is 1. The van der Waals surface area contributed by atoms with Crippen LogP contribution in [0, 0.1) is 0 Å². The molecule has 1 aliphatic heterocycles. The van der Waals surface area contributed by atoms with Crippen LogP contribution in [0.25, 0.3) is 0 Å². The smallest absolute Gasteiger partial charge is 0.300 e. The Kier molecular flexibility index (Phi) is 4.67. The van der Waals surface area contributed by atoms with E-state index >= 15 is 0 Å². The molecule has 1 fully saturated rings. The molecule has 1 saturated heterocycles. The van der Waals surface area contributed by atoms with Crippen LogP contribution in [0.2, 0.25) is 0 Å². The second kappa shape index (κ2) is 5.29. The Morgan fingerprint density at radius 1 is 1.33 bits per heavy atom. The minimum Gasteiger partial charge on any atom is -0.481 e. The number of hydrogen-bond acceptors (Lipinski definition) is 3. The third-order valence-electron chi connectivity index (χ3n) is 1.09. The topological polar surface area (TPSA) is 83.5 Å². The van der Waals surface area contributed by atoms with Crippen molar-refractivity contribution in [2.75, 3.05) is 0 Å². The van der Waals surface area contributed by atoms with Crippen molar-refractivity contribution in [1.29, 1.82) is 0 Å². The van der Waals surface area contributed by atoms with Crippen LogP contribution in [0.15, 0.2) is 0 Å². The number of carboxylic acid groups (broad SMARTS) is 1. The third-order valence-corrected chi connectivity index (χ3v) is 1.09. The molecule has 5 nitrogen and oxygen atoms in total. The first-order valence-electron chi connectivity index (χ1n) is 3.54. The first-order chi connectivity index (χ1) is 5.52. The van der Waals surface area contributed by atoms with Gasteiger partial charge in [-0.3, -0.25) is 19.7 Å². The van der Waals surface area contributed by atoms with Gasteiger partial charge in [-0.1, -0.05) is 0 Å². The predicted octanol–water partition coefficient (Wildman–Crippen LogP) is -0.0960. The quantitative estimate of drug-likeness (QED) is 0.501. The molecule has 1 rings (SSSR count). The van der Waals surface area contributed by atoms with Crippen LogP contribution < -0.4 is 5.32 Å². The van der Waals surface area contributed by atoms with E-state index in [0.29, 0.717) is 19.3 Å². The van der Waals surface area contributed by atoms with Crippen molar-refractivity contribution in [1.82, 2.24) is 5.32 Å². The molecule has 2 N–H and O–H groups in total. The van der Waals surface area contributed by atoms with Crippen LogP contribution in [-0.4, -0.2) is 22.9 Å². The molecule has 0 unspecified atom stereocenters. The second-order valence-electron chi connectivity index (χ2n) is 2.34. The number of rotatable bonds is 0. The summed E-state index contributed by atoms with van der Waals surface area (Å²) in [6, 6.07) is 0. The van der Waals surface area contributed by atoms with E-state index in [2.05, 4.69) is 5.32 Å². The van der Waals surface area contributed by atoms with E-state index in [1.54, 1.807) is 0 Å². The molecule has 0 radical (unpaired) electrons. The van der Waals surface area contributed by atoms with Gasteiger partial charge in [-0.15, -0.1) is 0 Å². The highest BCUT2D eigenvalue weighted by molar-refractivity contribution is 5.97. The van der Waals surface area contributed by atoms with Crippen molar-refractivity contribution >= 4 is 17.8 Å². The number of nitrogens with one attached hydrogen (secondary N) is 1. The molecule has 5 heteroatoms. The Morgan fingerprint density at radius 2 is 1.67 bits per heavy atom. The predicted molar refractivity (Wildman–Crippen MR) is 40.3 cm³/mol. The van der Waals surface area contributed by atoms with Crippen LogP contribution in [0.5, 0.6) is 0 Å². The zero-order chi connectivity index (χ0) is 9.56. The minimum atomic E-state index is -0.833. The van der Waals surface area contributed by atoms with E-state index in [1.807, 2.05) is 0 Å². The van der Waals surface area contributed by atoms with Crippen molar-refractivity contribution < 1.29 is 19.5 Å². The monoisotopic (exact) mass is 173 g/mol. The van der Waals surface area contributed by atoms with Crippen LogP contribution in [-0.2, 0) is 14.4 Å². The van der Waals surface area contributed by atoms with Gasteiger partial charge in [0, 0.05) is 19.8 Å². The summed E-state index contributed by atoms with van der Waals surface area (Å²) in [5.41, 5.74) is 0. The minimum absolute atomic E-state index is 0.138. The Morgan fingerprint density at radius 3 is 1.83 bits per heavy atom. The van der Waals surface area contributed by atoms with E-state index < -0.39 is 5.97 Å². The maximum atomic E-state index is 10.3. The van der Waals surface area contributed by atoms with Gasteiger partial charge in [0.05, 0.1) is 0 Å². The number of aliphatic carboxylic acids is 1. The molecule has 0 saturated carbocycles. The zero-order valence-electron chi connectivity index (χ0n) is 6.79. The molecule has 0 aromatic heterocycles. The second-order valence-corrected chi connectivity index (χ2v) is 2.34. The van der Waals surface area contributed by atoms with Gasteiger partial charge < -0.3 is 5.11 Å². The molecule has 0 aromatic rings. The Labute approximate surface area is 69.8 Å². The fourth-order valence-corrected chi connectivity index (χ4v) is 0.690. The lowest BCUT2D eigenvalue weighted by Crippen LogP contribution is -2.33. The first-order valence-corrected chi connectivity index (χ1v) is 3.54. The van der Waals surface area contributed by atoms with Gasteiger partial charge in [-0.25, -0.2) is 0 Å². The van der Waals surface area contributed by atoms with Crippen LogP contribution >= 0.6 is 0 Å². The van der Waals surface area contributed by atoms with Crippen molar-refractivity contribution in [2.24, 2.45) is 0 Å². The number of carboxylic acids is 1. The number of hydrogen-bond donors (Lipinski definition) is 2. The molecule has 1 heterocycles. The standard InChI is InChI=1S/C5H7NO2.C2H4O2/c7-4-2-1-3-5(8)6-4;1-2(3)4/h1-3H2,(H,6,7,8);1H3,(H,3,4). The highest BCUT2D eigenvalue weighted by atomic mass is 16.4. The van der Waals surface area contributed by atoms with Gasteiger partial charge in [0.15, 0.2) is 0 Å². The average Bonchev–Trinajstić information content (AvgIpc) is 1.84. The fraction of sp³-hybridized carbons (Fsp3) is 0.571. The molecular weight excluding hydrogens is 162 g/mol. The number of carbonyl (C=O) groups excluding carboxylic acids is 2. The summed E-state index contributed by atoms with van der Waals surface area (Å²) in [6.45, 7) is 1.08. The first kappa shape index (κ1) is 10.6. The molecule has 0 spiro atoms. The zero-order valence-corrected chi connectivity index (χ0v) is 6.79. The summed E-state index contributed by atoms with van der Waals surface area (Å²) in [6.07, 6.45) is 1.72. The van der Waals surface area contributed by atoms with Gasteiger partial charge in [0.25, 0.3) is 5.97 Å². The van der Waals surface area contributed by atoms with Gasteiger partial charge in [0.1, 0.15) is 0 Å². The summed E-state index contributed by atoms with van der Waals surface area (Å²) in [4.78, 5) is 29.7. The molecule has 0 bridgehead atoms. The van der Waals surface area contributed by atoms with Gasteiger partial charge >= 0.3 is 0 Å². The van der Waals surface area contributed by atoms with Crippen molar-refractivity contribution in [2.45, 2.75) is 26.2 Å². The molecule has 0 aromatic carbocycles. The van der Waals surface area contributed by atoms with Crippen LogP contribution in [0.1, 0.15) is 26.2 Å². The molecule has 68 valence electrons. The molecule has 12 heavy (non-hydrogen) atoms. The Hall–Kier alpha value is -1.39. The lowest BCUT2D eigenvalue weighted by molar-refractivity contribution is -0.135.